The van der Waals surface area contributed by atoms with Gasteiger partial charge >= 0.3 is 0 Å². The monoisotopic (exact) mass is 309 g/mol. The number of rotatable bonds is 5. The van der Waals surface area contributed by atoms with E-state index in [9.17, 15) is 4.79 Å². The molecular weight excluding hydrogens is 286 g/mol. The predicted molar refractivity (Wildman–Crippen MR) is 90.6 cm³/mol. The van der Waals surface area contributed by atoms with E-state index >= 15 is 0 Å². The standard InChI is InChI=1S/C19H23N3O/c1-15-5-4-6-16(11-15)13-22(14-18-7-2-3-9-21-18)19(23)17-8-10-20-12-17/h2-7,9,11,17,20H,8,10,12-14H2,1H3. The maximum absolute atomic E-state index is 12.9. The van der Waals surface area contributed by atoms with Crippen molar-refractivity contribution in [3.05, 3.63) is 65.5 Å². The molecule has 1 aromatic heterocycles. The molecule has 0 saturated carbocycles. The number of aryl methyl sites for hydroxylation is 1. The van der Waals surface area contributed by atoms with Crippen molar-refractivity contribution in [1.82, 2.24) is 15.2 Å². The van der Waals surface area contributed by atoms with Gasteiger partial charge in [0.1, 0.15) is 0 Å². The topological polar surface area (TPSA) is 45.2 Å². The second-order valence-electron chi connectivity index (χ2n) is 6.19. The number of benzene rings is 1. The maximum atomic E-state index is 12.9. The largest absolute Gasteiger partial charge is 0.332 e. The Labute approximate surface area is 137 Å². The molecule has 120 valence electrons. The number of hydrogen-bond donors (Lipinski definition) is 1. The minimum Gasteiger partial charge on any atom is -0.332 e. The lowest BCUT2D eigenvalue weighted by molar-refractivity contribution is -0.136. The van der Waals surface area contributed by atoms with Crippen LogP contribution in [0.15, 0.2) is 48.7 Å². The first-order valence-electron chi connectivity index (χ1n) is 8.17. The number of carbonyl (C=O) groups is 1. The van der Waals surface area contributed by atoms with Crippen LogP contribution in [0.5, 0.6) is 0 Å². The van der Waals surface area contributed by atoms with Gasteiger partial charge in [0.2, 0.25) is 5.91 Å². The van der Waals surface area contributed by atoms with Crippen LogP contribution in [0, 0.1) is 12.8 Å². The van der Waals surface area contributed by atoms with E-state index < -0.39 is 0 Å². The Balaban J connectivity index is 1.78. The normalized spacial score (nSPS) is 17.2. The second kappa shape index (κ2) is 7.38. The Morgan fingerprint density at radius 2 is 2.17 bits per heavy atom. The summed E-state index contributed by atoms with van der Waals surface area (Å²) in [4.78, 5) is 19.2. The van der Waals surface area contributed by atoms with Gasteiger partial charge in [0.05, 0.1) is 18.2 Å². The second-order valence-corrected chi connectivity index (χ2v) is 6.19. The van der Waals surface area contributed by atoms with Crippen LogP contribution in [0.3, 0.4) is 0 Å². The highest BCUT2D eigenvalue weighted by Crippen LogP contribution is 2.17. The average Bonchev–Trinajstić information content (AvgIpc) is 3.09. The molecule has 0 aliphatic carbocycles. The van der Waals surface area contributed by atoms with Crippen LogP contribution < -0.4 is 5.32 Å². The third-order valence-electron chi connectivity index (χ3n) is 4.26. The molecule has 0 radical (unpaired) electrons. The quantitative estimate of drug-likeness (QED) is 0.923. The summed E-state index contributed by atoms with van der Waals surface area (Å²) in [5.41, 5.74) is 3.31. The Bertz CT molecular complexity index is 651. The van der Waals surface area contributed by atoms with Gasteiger partial charge in [-0.1, -0.05) is 35.9 Å². The van der Waals surface area contributed by atoms with Crippen LogP contribution in [0.4, 0.5) is 0 Å². The Morgan fingerprint density at radius 1 is 1.26 bits per heavy atom. The Hall–Kier alpha value is -2.20. The first-order chi connectivity index (χ1) is 11.2. The zero-order valence-corrected chi connectivity index (χ0v) is 13.5. The highest BCUT2D eigenvalue weighted by Gasteiger charge is 2.27. The molecule has 1 fully saturated rings. The summed E-state index contributed by atoms with van der Waals surface area (Å²) in [6.45, 7) is 4.98. The SMILES string of the molecule is Cc1cccc(CN(Cc2ccccn2)C(=O)C2CCNC2)c1. The van der Waals surface area contributed by atoms with Gasteiger partial charge in [0.15, 0.2) is 0 Å². The Morgan fingerprint density at radius 3 is 2.87 bits per heavy atom. The van der Waals surface area contributed by atoms with E-state index in [1.165, 1.54) is 11.1 Å². The number of aromatic nitrogens is 1. The molecule has 3 rings (SSSR count). The Kier molecular flexibility index (Phi) is 5.03. The zero-order chi connectivity index (χ0) is 16.1. The molecule has 1 N–H and O–H groups in total. The third kappa shape index (κ3) is 4.17. The molecule has 1 aliphatic heterocycles. The lowest BCUT2D eigenvalue weighted by atomic mass is 10.1. The van der Waals surface area contributed by atoms with Crippen LogP contribution in [-0.4, -0.2) is 28.9 Å². The number of nitrogens with zero attached hydrogens (tertiary/aromatic N) is 2. The third-order valence-corrected chi connectivity index (χ3v) is 4.26. The minimum absolute atomic E-state index is 0.0866. The van der Waals surface area contributed by atoms with Crippen molar-refractivity contribution >= 4 is 5.91 Å². The van der Waals surface area contributed by atoms with Crippen LogP contribution in [0.25, 0.3) is 0 Å². The smallest absolute Gasteiger partial charge is 0.227 e. The highest BCUT2D eigenvalue weighted by molar-refractivity contribution is 5.79. The molecule has 2 heterocycles. The van der Waals surface area contributed by atoms with Gasteiger partial charge in [-0.25, -0.2) is 0 Å². The molecule has 0 spiro atoms. The van der Waals surface area contributed by atoms with E-state index in [0.29, 0.717) is 13.1 Å². The fraction of sp³-hybridized carbons (Fsp3) is 0.368. The number of nitrogens with one attached hydrogen (secondary N) is 1. The average molecular weight is 309 g/mol. The summed E-state index contributed by atoms with van der Waals surface area (Å²) in [6.07, 6.45) is 2.70. The van der Waals surface area contributed by atoms with Crippen molar-refractivity contribution in [3.63, 3.8) is 0 Å². The fourth-order valence-corrected chi connectivity index (χ4v) is 3.05. The lowest BCUT2D eigenvalue weighted by Crippen LogP contribution is -2.36. The van der Waals surface area contributed by atoms with Gasteiger partial charge in [0, 0.05) is 19.3 Å². The number of hydrogen-bond acceptors (Lipinski definition) is 3. The van der Waals surface area contributed by atoms with Crippen molar-refractivity contribution < 1.29 is 4.79 Å². The molecule has 4 nitrogen and oxygen atoms in total. The molecule has 1 unspecified atom stereocenters. The van der Waals surface area contributed by atoms with E-state index in [4.69, 9.17) is 0 Å². The van der Waals surface area contributed by atoms with E-state index in [2.05, 4.69) is 35.4 Å². The summed E-state index contributed by atoms with van der Waals surface area (Å²) >= 11 is 0. The predicted octanol–water partition coefficient (Wildman–Crippen LogP) is 2.53. The number of pyridine rings is 1. The van der Waals surface area contributed by atoms with Crippen molar-refractivity contribution in [2.45, 2.75) is 26.4 Å². The van der Waals surface area contributed by atoms with Crippen molar-refractivity contribution in [1.29, 1.82) is 0 Å². The molecule has 0 bridgehead atoms. The lowest BCUT2D eigenvalue weighted by Gasteiger charge is -2.25. The molecule has 23 heavy (non-hydrogen) atoms. The number of carbonyl (C=O) groups excluding carboxylic acids is 1. The summed E-state index contributed by atoms with van der Waals surface area (Å²) in [7, 11) is 0. The summed E-state index contributed by atoms with van der Waals surface area (Å²) in [5, 5.41) is 3.28. The molecule has 1 atom stereocenters. The van der Waals surface area contributed by atoms with Crippen molar-refractivity contribution in [2.75, 3.05) is 13.1 Å². The van der Waals surface area contributed by atoms with Crippen LogP contribution in [-0.2, 0) is 17.9 Å². The van der Waals surface area contributed by atoms with E-state index in [1.54, 1.807) is 6.20 Å². The summed E-state index contributed by atoms with van der Waals surface area (Å²) in [6, 6.07) is 14.2. The highest BCUT2D eigenvalue weighted by atomic mass is 16.2. The maximum Gasteiger partial charge on any atom is 0.227 e. The van der Waals surface area contributed by atoms with Gasteiger partial charge in [-0.15, -0.1) is 0 Å². The first-order valence-corrected chi connectivity index (χ1v) is 8.17. The molecule has 1 saturated heterocycles. The number of amides is 1. The van der Waals surface area contributed by atoms with Crippen molar-refractivity contribution in [2.24, 2.45) is 5.92 Å². The van der Waals surface area contributed by atoms with E-state index in [-0.39, 0.29) is 11.8 Å². The zero-order valence-electron chi connectivity index (χ0n) is 13.5. The van der Waals surface area contributed by atoms with Gasteiger partial charge in [0.25, 0.3) is 0 Å². The minimum atomic E-state index is 0.0866. The summed E-state index contributed by atoms with van der Waals surface area (Å²) in [5.74, 6) is 0.311. The van der Waals surface area contributed by atoms with Crippen LogP contribution >= 0.6 is 0 Å². The van der Waals surface area contributed by atoms with Gasteiger partial charge in [-0.05, 0) is 37.6 Å². The molecule has 2 aromatic rings. The van der Waals surface area contributed by atoms with Crippen molar-refractivity contribution in [3.8, 4) is 0 Å². The fourth-order valence-electron chi connectivity index (χ4n) is 3.05. The molecule has 1 amide bonds. The van der Waals surface area contributed by atoms with E-state index in [1.807, 2.05) is 29.2 Å². The molecule has 1 aromatic carbocycles. The van der Waals surface area contributed by atoms with E-state index in [0.717, 1.165) is 25.2 Å². The molecular formula is C19H23N3O. The van der Waals surface area contributed by atoms with Gasteiger partial charge < -0.3 is 10.2 Å². The molecule has 1 aliphatic rings. The first kappa shape index (κ1) is 15.7. The molecule has 4 heteroatoms. The van der Waals surface area contributed by atoms with Gasteiger partial charge in [-0.3, -0.25) is 9.78 Å². The van der Waals surface area contributed by atoms with Gasteiger partial charge in [-0.2, -0.15) is 0 Å². The van der Waals surface area contributed by atoms with Crippen LogP contribution in [0.1, 0.15) is 23.2 Å². The summed E-state index contributed by atoms with van der Waals surface area (Å²) < 4.78 is 0. The van der Waals surface area contributed by atoms with Crippen LogP contribution in [0.2, 0.25) is 0 Å².